The van der Waals surface area contributed by atoms with Crippen molar-refractivity contribution in [1.29, 1.82) is 0 Å². The first-order valence-corrected chi connectivity index (χ1v) is 10.1. The zero-order chi connectivity index (χ0) is 16.8. The normalized spacial score (nSPS) is 26.3. The summed E-state index contributed by atoms with van der Waals surface area (Å²) >= 11 is 0. The molecule has 24 heavy (non-hydrogen) atoms. The van der Waals surface area contributed by atoms with Gasteiger partial charge in [-0.05, 0) is 51.4 Å². The van der Waals surface area contributed by atoms with E-state index >= 15 is 0 Å². The second-order valence-electron chi connectivity index (χ2n) is 7.95. The van der Waals surface area contributed by atoms with E-state index < -0.39 is 0 Å². The SMILES string of the molecule is CC(NC1CCN(C(=O)NC2CCCCC2)CC1)C1CCOCC1. The summed E-state index contributed by atoms with van der Waals surface area (Å²) in [6.45, 7) is 5.92. The van der Waals surface area contributed by atoms with Gasteiger partial charge >= 0.3 is 6.03 Å². The smallest absolute Gasteiger partial charge is 0.317 e. The Morgan fingerprint density at radius 3 is 2.29 bits per heavy atom. The molecule has 0 radical (unpaired) electrons. The summed E-state index contributed by atoms with van der Waals surface area (Å²) in [6.07, 6.45) is 10.7. The highest BCUT2D eigenvalue weighted by molar-refractivity contribution is 5.74. The van der Waals surface area contributed by atoms with Crippen molar-refractivity contribution in [2.45, 2.75) is 82.8 Å². The molecule has 2 heterocycles. The third-order valence-corrected chi connectivity index (χ3v) is 6.19. The van der Waals surface area contributed by atoms with Gasteiger partial charge in [-0.3, -0.25) is 0 Å². The van der Waals surface area contributed by atoms with Crippen LogP contribution >= 0.6 is 0 Å². The Balaban J connectivity index is 1.36. The Morgan fingerprint density at radius 1 is 0.958 bits per heavy atom. The van der Waals surface area contributed by atoms with Gasteiger partial charge in [0, 0.05) is 44.4 Å². The average molecular weight is 338 g/mol. The average Bonchev–Trinajstić information content (AvgIpc) is 2.64. The first-order valence-electron chi connectivity index (χ1n) is 10.1. The second-order valence-corrected chi connectivity index (χ2v) is 7.95. The molecule has 1 aliphatic carbocycles. The van der Waals surface area contributed by atoms with E-state index in [1.807, 2.05) is 4.90 Å². The number of amides is 2. The number of hydrogen-bond acceptors (Lipinski definition) is 3. The summed E-state index contributed by atoms with van der Waals surface area (Å²) in [5, 5.41) is 7.06. The molecule has 0 aromatic rings. The summed E-state index contributed by atoms with van der Waals surface area (Å²) in [5.41, 5.74) is 0. The predicted molar refractivity (Wildman–Crippen MR) is 96.1 cm³/mol. The number of ether oxygens (including phenoxy) is 1. The van der Waals surface area contributed by atoms with E-state index in [4.69, 9.17) is 4.74 Å². The number of nitrogens with zero attached hydrogens (tertiary/aromatic N) is 1. The molecule has 2 saturated heterocycles. The van der Waals surface area contributed by atoms with E-state index in [-0.39, 0.29) is 6.03 Å². The summed E-state index contributed by atoms with van der Waals surface area (Å²) in [5.74, 6) is 0.742. The van der Waals surface area contributed by atoms with Crippen molar-refractivity contribution in [3.63, 3.8) is 0 Å². The Labute approximate surface area is 146 Å². The summed E-state index contributed by atoms with van der Waals surface area (Å²) in [6, 6.07) is 1.69. The molecule has 5 heteroatoms. The summed E-state index contributed by atoms with van der Waals surface area (Å²) < 4.78 is 5.46. The van der Waals surface area contributed by atoms with Gasteiger partial charge in [0.2, 0.25) is 0 Å². The fourth-order valence-electron chi connectivity index (χ4n) is 4.49. The number of hydrogen-bond donors (Lipinski definition) is 2. The van der Waals surface area contributed by atoms with Gasteiger partial charge in [0.15, 0.2) is 0 Å². The number of urea groups is 1. The van der Waals surface area contributed by atoms with Gasteiger partial charge in [-0.15, -0.1) is 0 Å². The van der Waals surface area contributed by atoms with Gasteiger partial charge in [0.1, 0.15) is 0 Å². The minimum absolute atomic E-state index is 0.165. The van der Waals surface area contributed by atoms with Crippen LogP contribution in [-0.2, 0) is 4.74 Å². The third kappa shape index (κ3) is 5.09. The number of carbonyl (C=O) groups excluding carboxylic acids is 1. The number of nitrogens with one attached hydrogen (secondary N) is 2. The zero-order valence-corrected chi connectivity index (χ0v) is 15.3. The summed E-state index contributed by atoms with van der Waals surface area (Å²) in [7, 11) is 0. The van der Waals surface area contributed by atoms with Gasteiger partial charge in [-0.2, -0.15) is 0 Å². The molecule has 138 valence electrons. The Hall–Kier alpha value is -0.810. The lowest BCUT2D eigenvalue weighted by atomic mass is 9.91. The van der Waals surface area contributed by atoms with E-state index in [0.29, 0.717) is 18.1 Å². The van der Waals surface area contributed by atoms with E-state index in [1.54, 1.807) is 0 Å². The monoisotopic (exact) mass is 337 g/mol. The quantitative estimate of drug-likeness (QED) is 0.829. The maximum absolute atomic E-state index is 12.4. The molecule has 1 saturated carbocycles. The van der Waals surface area contributed by atoms with E-state index in [0.717, 1.165) is 57.9 Å². The number of rotatable bonds is 4. The molecular formula is C19H35N3O2. The lowest BCUT2D eigenvalue weighted by Gasteiger charge is -2.37. The maximum atomic E-state index is 12.4. The topological polar surface area (TPSA) is 53.6 Å². The Bertz CT molecular complexity index is 384. The van der Waals surface area contributed by atoms with E-state index in [2.05, 4.69) is 17.6 Å². The van der Waals surface area contributed by atoms with Crippen LogP contribution in [0.1, 0.15) is 64.7 Å². The number of piperidine rings is 1. The van der Waals surface area contributed by atoms with Crippen LogP contribution in [0.5, 0.6) is 0 Å². The molecule has 0 spiro atoms. The van der Waals surface area contributed by atoms with Gasteiger partial charge in [-0.1, -0.05) is 19.3 Å². The second kappa shape index (κ2) is 9.04. The largest absolute Gasteiger partial charge is 0.381 e. The third-order valence-electron chi connectivity index (χ3n) is 6.19. The molecule has 1 unspecified atom stereocenters. The first kappa shape index (κ1) is 18.0. The minimum Gasteiger partial charge on any atom is -0.381 e. The molecule has 1 atom stereocenters. The summed E-state index contributed by atoms with van der Waals surface area (Å²) in [4.78, 5) is 14.4. The van der Waals surface area contributed by atoms with Crippen LogP contribution in [0.3, 0.4) is 0 Å². The molecule has 2 N–H and O–H groups in total. The van der Waals surface area contributed by atoms with E-state index in [1.165, 1.54) is 32.1 Å². The van der Waals surface area contributed by atoms with Crippen molar-refractivity contribution in [2.75, 3.05) is 26.3 Å². The van der Waals surface area contributed by atoms with Crippen LogP contribution in [0, 0.1) is 5.92 Å². The predicted octanol–water partition coefficient (Wildman–Crippen LogP) is 2.90. The number of carbonyl (C=O) groups is 1. The van der Waals surface area contributed by atoms with Gasteiger partial charge in [-0.25, -0.2) is 4.79 Å². The van der Waals surface area contributed by atoms with Crippen molar-refractivity contribution in [1.82, 2.24) is 15.5 Å². The molecule has 0 bridgehead atoms. The van der Waals surface area contributed by atoms with Crippen LogP contribution in [0.4, 0.5) is 4.79 Å². The zero-order valence-electron chi connectivity index (χ0n) is 15.3. The highest BCUT2D eigenvalue weighted by Gasteiger charge is 2.27. The lowest BCUT2D eigenvalue weighted by Crippen LogP contribution is -2.52. The fourth-order valence-corrected chi connectivity index (χ4v) is 4.49. The van der Waals surface area contributed by atoms with Crippen LogP contribution in [0.15, 0.2) is 0 Å². The van der Waals surface area contributed by atoms with Crippen molar-refractivity contribution in [2.24, 2.45) is 5.92 Å². The van der Waals surface area contributed by atoms with Gasteiger partial charge < -0.3 is 20.3 Å². The Kier molecular flexibility index (Phi) is 6.78. The van der Waals surface area contributed by atoms with Crippen LogP contribution < -0.4 is 10.6 Å². The van der Waals surface area contributed by atoms with Gasteiger partial charge in [0.05, 0.1) is 0 Å². The molecular weight excluding hydrogens is 302 g/mol. The first-order chi connectivity index (χ1) is 11.7. The van der Waals surface area contributed by atoms with E-state index in [9.17, 15) is 4.79 Å². The highest BCUT2D eigenvalue weighted by atomic mass is 16.5. The maximum Gasteiger partial charge on any atom is 0.317 e. The molecule has 0 aromatic heterocycles. The van der Waals surface area contributed by atoms with Gasteiger partial charge in [0.25, 0.3) is 0 Å². The lowest BCUT2D eigenvalue weighted by molar-refractivity contribution is 0.0529. The molecule has 0 aromatic carbocycles. The molecule has 2 aliphatic heterocycles. The van der Waals surface area contributed by atoms with Crippen molar-refractivity contribution in [3.8, 4) is 0 Å². The fraction of sp³-hybridized carbons (Fsp3) is 0.947. The standard InChI is InChI=1S/C19H35N3O2/c1-15(16-9-13-24-14-10-16)20-18-7-11-22(12-8-18)19(23)21-17-5-3-2-4-6-17/h15-18,20H,2-14H2,1H3,(H,21,23). The molecule has 2 amide bonds. The van der Waals surface area contributed by atoms with Crippen LogP contribution in [-0.4, -0.2) is 55.4 Å². The molecule has 3 aliphatic rings. The highest BCUT2D eigenvalue weighted by Crippen LogP contribution is 2.21. The Morgan fingerprint density at radius 2 is 1.62 bits per heavy atom. The minimum atomic E-state index is 0.165. The number of likely N-dealkylation sites (tertiary alicyclic amines) is 1. The van der Waals surface area contributed by atoms with Crippen molar-refractivity contribution in [3.05, 3.63) is 0 Å². The van der Waals surface area contributed by atoms with Crippen LogP contribution in [0.25, 0.3) is 0 Å². The van der Waals surface area contributed by atoms with Crippen LogP contribution in [0.2, 0.25) is 0 Å². The van der Waals surface area contributed by atoms with Crippen molar-refractivity contribution >= 4 is 6.03 Å². The molecule has 3 fully saturated rings. The van der Waals surface area contributed by atoms with Crippen molar-refractivity contribution < 1.29 is 9.53 Å². The molecule has 5 nitrogen and oxygen atoms in total. The molecule has 3 rings (SSSR count).